The first-order valence-corrected chi connectivity index (χ1v) is 17.7. The first-order valence-electron chi connectivity index (χ1n) is 17.4. The van der Waals surface area contributed by atoms with Crippen LogP contribution in [0.15, 0.2) is 0 Å². The SMILES string of the molecule is CCCCCCCCCCCCOCCOCCOCCOCCOCCOCCOCCOCCOCCOCCOC(=O)Cl. The van der Waals surface area contributed by atoms with E-state index >= 15 is 0 Å². The van der Waals surface area contributed by atoms with Gasteiger partial charge in [0.25, 0.3) is 0 Å². The molecule has 13 heteroatoms. The molecule has 0 aliphatic carbocycles. The summed E-state index contributed by atoms with van der Waals surface area (Å²) < 4.78 is 59.1. The number of unbranched alkanes of at least 4 members (excludes halogenated alkanes) is 9. The number of hydrogen-bond acceptors (Lipinski definition) is 12. The summed E-state index contributed by atoms with van der Waals surface area (Å²) >= 11 is 5.03. The van der Waals surface area contributed by atoms with Crippen molar-refractivity contribution in [1.82, 2.24) is 0 Å². The fourth-order valence-electron chi connectivity index (χ4n) is 3.95. The lowest BCUT2D eigenvalue weighted by Crippen LogP contribution is -2.15. The van der Waals surface area contributed by atoms with Crippen molar-refractivity contribution in [2.75, 3.05) is 139 Å². The summed E-state index contributed by atoms with van der Waals surface area (Å²) in [5, 5.41) is 0. The molecule has 0 saturated carbocycles. The molecule has 0 unspecified atom stereocenters. The normalized spacial score (nSPS) is 11.4. The van der Waals surface area contributed by atoms with Gasteiger partial charge < -0.3 is 52.1 Å². The molecular formula is C33H65ClO12. The smallest absolute Gasteiger partial charge is 0.403 e. The first kappa shape index (κ1) is 45.4. The Morgan fingerprint density at radius 3 is 0.804 bits per heavy atom. The Bertz CT molecular complexity index is 577. The molecule has 0 aliphatic rings. The summed E-state index contributed by atoms with van der Waals surface area (Å²) in [6.07, 6.45) is 13.4. The molecule has 0 saturated heterocycles. The molecule has 0 aromatic heterocycles. The molecule has 0 aliphatic heterocycles. The average molecular weight is 689 g/mol. The van der Waals surface area contributed by atoms with Crippen LogP contribution >= 0.6 is 11.6 Å². The van der Waals surface area contributed by atoms with Gasteiger partial charge in [0, 0.05) is 18.2 Å². The van der Waals surface area contributed by atoms with Crippen LogP contribution in [0, 0.1) is 0 Å². The van der Waals surface area contributed by atoms with E-state index in [1.807, 2.05) is 0 Å². The monoisotopic (exact) mass is 688 g/mol. The van der Waals surface area contributed by atoms with Crippen molar-refractivity contribution in [3.8, 4) is 0 Å². The summed E-state index contributed by atoms with van der Waals surface area (Å²) in [6.45, 7) is 12.8. The van der Waals surface area contributed by atoms with Gasteiger partial charge in [-0.1, -0.05) is 64.7 Å². The Kier molecular flexibility index (Phi) is 41.8. The van der Waals surface area contributed by atoms with Crippen molar-refractivity contribution in [3.05, 3.63) is 0 Å². The molecule has 0 atom stereocenters. The molecule has 0 bridgehead atoms. The minimum atomic E-state index is -0.835. The zero-order chi connectivity index (χ0) is 33.3. The third-order valence-corrected chi connectivity index (χ3v) is 6.54. The zero-order valence-corrected chi connectivity index (χ0v) is 29.5. The Hall–Kier alpha value is -0.640. The van der Waals surface area contributed by atoms with Crippen LogP contribution in [0.2, 0.25) is 0 Å². The number of hydrogen-bond donors (Lipinski definition) is 0. The van der Waals surface area contributed by atoms with E-state index in [1.54, 1.807) is 0 Å². The van der Waals surface area contributed by atoms with Crippen molar-refractivity contribution < 1.29 is 56.9 Å². The van der Waals surface area contributed by atoms with Crippen LogP contribution in [0.25, 0.3) is 0 Å². The van der Waals surface area contributed by atoms with Crippen molar-refractivity contribution in [2.24, 2.45) is 0 Å². The quantitative estimate of drug-likeness (QED) is 0.0600. The van der Waals surface area contributed by atoms with Crippen molar-refractivity contribution in [2.45, 2.75) is 71.1 Å². The maximum atomic E-state index is 10.4. The summed E-state index contributed by atoms with van der Waals surface area (Å²) in [5.74, 6) is 0. The van der Waals surface area contributed by atoms with Crippen molar-refractivity contribution in [3.63, 3.8) is 0 Å². The third-order valence-electron chi connectivity index (χ3n) is 6.43. The molecule has 0 aromatic rings. The molecule has 276 valence electrons. The molecular weight excluding hydrogens is 624 g/mol. The lowest BCUT2D eigenvalue weighted by Gasteiger charge is -2.09. The van der Waals surface area contributed by atoms with E-state index in [0.717, 1.165) is 13.0 Å². The van der Waals surface area contributed by atoms with Gasteiger partial charge in [0.05, 0.1) is 126 Å². The van der Waals surface area contributed by atoms with Gasteiger partial charge in [-0.15, -0.1) is 0 Å². The Balaban J connectivity index is 3.04. The minimum absolute atomic E-state index is 0.130. The van der Waals surface area contributed by atoms with E-state index in [4.69, 9.17) is 59.0 Å². The number of halogens is 1. The summed E-state index contributed by atoms with van der Waals surface area (Å²) in [7, 11) is 0. The van der Waals surface area contributed by atoms with Crippen molar-refractivity contribution in [1.29, 1.82) is 0 Å². The van der Waals surface area contributed by atoms with Gasteiger partial charge in [0.15, 0.2) is 0 Å². The number of carbonyl (C=O) groups is 1. The van der Waals surface area contributed by atoms with Crippen LogP contribution in [0.3, 0.4) is 0 Å². The molecule has 0 heterocycles. The van der Waals surface area contributed by atoms with E-state index in [2.05, 4.69) is 11.7 Å². The van der Waals surface area contributed by atoms with Gasteiger partial charge in [-0.3, -0.25) is 0 Å². The molecule has 0 amide bonds. The van der Waals surface area contributed by atoms with Crippen LogP contribution in [0.1, 0.15) is 71.1 Å². The van der Waals surface area contributed by atoms with Gasteiger partial charge in [0.1, 0.15) is 6.61 Å². The predicted molar refractivity (Wildman–Crippen MR) is 177 cm³/mol. The van der Waals surface area contributed by atoms with Gasteiger partial charge >= 0.3 is 5.43 Å². The molecule has 46 heavy (non-hydrogen) atoms. The Morgan fingerprint density at radius 2 is 0.543 bits per heavy atom. The highest BCUT2D eigenvalue weighted by molar-refractivity contribution is 6.61. The van der Waals surface area contributed by atoms with Crippen LogP contribution in [-0.4, -0.2) is 144 Å². The van der Waals surface area contributed by atoms with Crippen LogP contribution in [0.4, 0.5) is 4.79 Å². The zero-order valence-electron chi connectivity index (χ0n) is 28.7. The van der Waals surface area contributed by atoms with Gasteiger partial charge in [-0.2, -0.15) is 0 Å². The minimum Gasteiger partial charge on any atom is -0.451 e. The second-order valence-electron chi connectivity index (χ2n) is 10.4. The standard InChI is InChI=1S/C33H65ClO12/c1-2-3-4-5-6-7-8-9-10-11-12-36-13-14-37-15-16-38-17-18-39-19-20-40-21-22-41-23-24-42-25-26-43-27-28-44-29-30-45-31-32-46-33(34)35/h2-32H2,1H3. The summed E-state index contributed by atoms with van der Waals surface area (Å²) in [4.78, 5) is 10.4. The van der Waals surface area contributed by atoms with Crippen molar-refractivity contribution >= 4 is 17.0 Å². The number of carbonyl (C=O) groups excluding carboxylic acids is 1. The highest BCUT2D eigenvalue weighted by Crippen LogP contribution is 2.10. The fraction of sp³-hybridized carbons (Fsp3) is 0.970. The van der Waals surface area contributed by atoms with Crippen LogP contribution in [0.5, 0.6) is 0 Å². The van der Waals surface area contributed by atoms with E-state index < -0.39 is 5.43 Å². The van der Waals surface area contributed by atoms with E-state index in [9.17, 15) is 4.79 Å². The lowest BCUT2D eigenvalue weighted by atomic mass is 10.1. The molecule has 0 spiro atoms. The molecule has 12 nitrogen and oxygen atoms in total. The summed E-state index contributed by atoms with van der Waals surface area (Å²) in [5.41, 5.74) is -0.835. The highest BCUT2D eigenvalue weighted by Gasteiger charge is 1.98. The average Bonchev–Trinajstić information content (AvgIpc) is 3.05. The maximum absolute atomic E-state index is 10.4. The van der Waals surface area contributed by atoms with Gasteiger partial charge in [-0.05, 0) is 6.42 Å². The second kappa shape index (κ2) is 42.4. The second-order valence-corrected chi connectivity index (χ2v) is 10.7. The predicted octanol–water partition coefficient (Wildman–Crippen LogP) is 5.45. The first-order chi connectivity index (χ1) is 22.8. The largest absolute Gasteiger partial charge is 0.451 e. The van der Waals surface area contributed by atoms with Gasteiger partial charge in [0.2, 0.25) is 0 Å². The molecule has 0 N–H and O–H groups in total. The number of rotatable bonds is 41. The Morgan fingerprint density at radius 1 is 0.326 bits per heavy atom. The third kappa shape index (κ3) is 43.4. The topological polar surface area (TPSA) is 119 Å². The highest BCUT2D eigenvalue weighted by atomic mass is 35.5. The molecule has 0 fully saturated rings. The van der Waals surface area contributed by atoms with Gasteiger partial charge in [-0.25, -0.2) is 4.79 Å². The summed E-state index contributed by atoms with van der Waals surface area (Å²) in [6, 6.07) is 0. The molecule has 0 radical (unpaired) electrons. The molecule has 0 rings (SSSR count). The van der Waals surface area contributed by atoms with E-state index in [1.165, 1.54) is 57.8 Å². The Labute approximate surface area is 283 Å². The van der Waals surface area contributed by atoms with Crippen LogP contribution in [-0.2, 0) is 52.1 Å². The van der Waals surface area contributed by atoms with E-state index in [0.29, 0.717) is 119 Å². The number of ether oxygens (including phenoxy) is 11. The molecule has 0 aromatic carbocycles. The lowest BCUT2D eigenvalue weighted by molar-refractivity contribution is -0.0268. The van der Waals surface area contributed by atoms with Crippen LogP contribution < -0.4 is 0 Å². The van der Waals surface area contributed by atoms with E-state index in [-0.39, 0.29) is 13.2 Å². The fourth-order valence-corrected chi connectivity index (χ4v) is 4.03. The maximum Gasteiger partial charge on any atom is 0.403 e.